The summed E-state index contributed by atoms with van der Waals surface area (Å²) in [5.74, 6) is 0.235. The van der Waals surface area contributed by atoms with E-state index in [1.165, 1.54) is 6.08 Å². The van der Waals surface area contributed by atoms with Crippen LogP contribution in [0.2, 0.25) is 5.15 Å². The summed E-state index contributed by atoms with van der Waals surface area (Å²) in [5.41, 5.74) is 2.22. The SMILES string of the molecule is C=CC(=O)Nc1ccc(CCNC(=O)c2cc(Cl)nc(N3CCOCC3)c2)cc1. The fraction of sp³-hybridized carbons (Fsp3) is 0.286. The molecule has 3 rings (SSSR count). The van der Waals surface area contributed by atoms with Crippen molar-refractivity contribution in [3.63, 3.8) is 0 Å². The molecule has 8 heteroatoms. The average molecular weight is 415 g/mol. The Morgan fingerprint density at radius 3 is 2.62 bits per heavy atom. The van der Waals surface area contributed by atoms with Gasteiger partial charge in [-0.2, -0.15) is 0 Å². The number of nitrogens with one attached hydrogen (secondary N) is 2. The third-order valence-electron chi connectivity index (χ3n) is 4.48. The highest BCUT2D eigenvalue weighted by Gasteiger charge is 2.16. The lowest BCUT2D eigenvalue weighted by molar-refractivity contribution is -0.111. The van der Waals surface area contributed by atoms with E-state index in [1.54, 1.807) is 12.1 Å². The van der Waals surface area contributed by atoms with Crippen molar-refractivity contribution in [3.8, 4) is 0 Å². The number of morpholine rings is 1. The maximum absolute atomic E-state index is 12.5. The summed E-state index contributed by atoms with van der Waals surface area (Å²) in [6.07, 6.45) is 1.88. The lowest BCUT2D eigenvalue weighted by atomic mass is 10.1. The molecule has 2 amide bonds. The van der Waals surface area contributed by atoms with Crippen molar-refractivity contribution in [1.82, 2.24) is 10.3 Å². The number of carbonyl (C=O) groups is 2. The van der Waals surface area contributed by atoms with E-state index in [4.69, 9.17) is 16.3 Å². The van der Waals surface area contributed by atoms with Gasteiger partial charge in [-0.25, -0.2) is 4.98 Å². The molecule has 1 aromatic heterocycles. The standard InChI is InChI=1S/C21H23ClN4O3/c1-2-20(27)24-17-5-3-15(4-6-17)7-8-23-21(28)16-13-18(22)25-19(14-16)26-9-11-29-12-10-26/h2-6,13-14H,1,7-12H2,(H,23,28)(H,24,27). The molecule has 0 atom stereocenters. The number of aromatic nitrogens is 1. The minimum absolute atomic E-state index is 0.196. The van der Waals surface area contributed by atoms with E-state index in [-0.39, 0.29) is 17.0 Å². The lowest BCUT2D eigenvalue weighted by Gasteiger charge is -2.28. The molecular formula is C21H23ClN4O3. The van der Waals surface area contributed by atoms with Crippen LogP contribution in [-0.2, 0) is 16.0 Å². The van der Waals surface area contributed by atoms with E-state index < -0.39 is 0 Å². The number of benzene rings is 1. The van der Waals surface area contributed by atoms with Gasteiger partial charge in [-0.1, -0.05) is 30.3 Å². The Bertz CT molecular complexity index is 880. The van der Waals surface area contributed by atoms with Crippen LogP contribution in [0.4, 0.5) is 11.5 Å². The van der Waals surface area contributed by atoms with Crippen LogP contribution in [0.1, 0.15) is 15.9 Å². The highest BCUT2D eigenvalue weighted by Crippen LogP contribution is 2.19. The molecule has 1 aliphatic rings. The highest BCUT2D eigenvalue weighted by molar-refractivity contribution is 6.29. The monoisotopic (exact) mass is 414 g/mol. The summed E-state index contributed by atoms with van der Waals surface area (Å²) in [6, 6.07) is 10.8. The normalized spacial score (nSPS) is 13.6. The first-order chi connectivity index (χ1) is 14.0. The van der Waals surface area contributed by atoms with Crippen LogP contribution in [-0.4, -0.2) is 49.6 Å². The van der Waals surface area contributed by atoms with Gasteiger partial charge >= 0.3 is 0 Å². The van der Waals surface area contributed by atoms with Gasteiger partial charge in [0.2, 0.25) is 5.91 Å². The first-order valence-corrected chi connectivity index (χ1v) is 9.74. The van der Waals surface area contributed by atoms with E-state index in [1.807, 2.05) is 24.3 Å². The second-order valence-corrected chi connectivity index (χ2v) is 6.92. The molecular weight excluding hydrogens is 392 g/mol. The minimum Gasteiger partial charge on any atom is -0.378 e. The zero-order valence-electron chi connectivity index (χ0n) is 16.0. The quantitative estimate of drug-likeness (QED) is 0.537. The zero-order chi connectivity index (χ0) is 20.6. The molecule has 0 radical (unpaired) electrons. The smallest absolute Gasteiger partial charge is 0.251 e. The molecule has 1 aliphatic heterocycles. The summed E-state index contributed by atoms with van der Waals surface area (Å²) in [6.45, 7) is 6.60. The molecule has 0 unspecified atom stereocenters. The molecule has 7 nitrogen and oxygen atoms in total. The van der Waals surface area contributed by atoms with Gasteiger partial charge in [0.05, 0.1) is 13.2 Å². The summed E-state index contributed by atoms with van der Waals surface area (Å²) in [5, 5.41) is 5.89. The third-order valence-corrected chi connectivity index (χ3v) is 4.68. The van der Waals surface area contributed by atoms with Gasteiger partial charge in [0.1, 0.15) is 11.0 Å². The molecule has 1 fully saturated rings. The molecule has 0 spiro atoms. The number of ether oxygens (including phenoxy) is 1. The Balaban J connectivity index is 1.54. The summed E-state index contributed by atoms with van der Waals surface area (Å²) in [4.78, 5) is 30.2. The summed E-state index contributed by atoms with van der Waals surface area (Å²) in [7, 11) is 0. The van der Waals surface area contributed by atoms with E-state index in [0.717, 1.165) is 18.7 Å². The number of amides is 2. The van der Waals surface area contributed by atoms with Crippen LogP contribution in [0.3, 0.4) is 0 Å². The number of carbonyl (C=O) groups excluding carboxylic acids is 2. The van der Waals surface area contributed by atoms with Gasteiger partial charge in [-0.05, 0) is 42.3 Å². The Morgan fingerprint density at radius 1 is 1.21 bits per heavy atom. The number of anilines is 2. The van der Waals surface area contributed by atoms with E-state index in [0.29, 0.717) is 43.2 Å². The molecule has 2 N–H and O–H groups in total. The van der Waals surface area contributed by atoms with Crippen molar-refractivity contribution in [2.75, 3.05) is 43.1 Å². The van der Waals surface area contributed by atoms with Crippen LogP contribution in [0.15, 0.2) is 49.1 Å². The van der Waals surface area contributed by atoms with Gasteiger partial charge in [0.15, 0.2) is 0 Å². The molecule has 2 aromatic rings. The number of halogens is 1. The molecule has 0 bridgehead atoms. The molecule has 1 saturated heterocycles. The Hall–Kier alpha value is -2.90. The molecule has 0 aliphatic carbocycles. The second-order valence-electron chi connectivity index (χ2n) is 6.53. The maximum atomic E-state index is 12.5. The molecule has 0 saturated carbocycles. The topological polar surface area (TPSA) is 83.6 Å². The average Bonchev–Trinajstić information content (AvgIpc) is 2.75. The van der Waals surface area contributed by atoms with E-state index in [9.17, 15) is 9.59 Å². The fourth-order valence-electron chi connectivity index (χ4n) is 2.94. The molecule has 29 heavy (non-hydrogen) atoms. The van der Waals surface area contributed by atoms with Crippen molar-refractivity contribution < 1.29 is 14.3 Å². The largest absolute Gasteiger partial charge is 0.378 e. The van der Waals surface area contributed by atoms with E-state index in [2.05, 4.69) is 27.1 Å². The number of hydrogen-bond donors (Lipinski definition) is 2. The summed E-state index contributed by atoms with van der Waals surface area (Å²) < 4.78 is 5.35. The summed E-state index contributed by atoms with van der Waals surface area (Å²) >= 11 is 6.12. The number of rotatable bonds is 7. The maximum Gasteiger partial charge on any atom is 0.251 e. The first-order valence-electron chi connectivity index (χ1n) is 9.36. The molecule has 152 valence electrons. The van der Waals surface area contributed by atoms with Crippen molar-refractivity contribution >= 4 is 34.9 Å². The van der Waals surface area contributed by atoms with Gasteiger partial charge < -0.3 is 20.3 Å². The Morgan fingerprint density at radius 2 is 1.93 bits per heavy atom. The van der Waals surface area contributed by atoms with E-state index >= 15 is 0 Å². The van der Waals surface area contributed by atoms with Crippen LogP contribution in [0, 0.1) is 0 Å². The van der Waals surface area contributed by atoms with Crippen molar-refractivity contribution in [1.29, 1.82) is 0 Å². The predicted molar refractivity (Wildman–Crippen MR) is 114 cm³/mol. The number of nitrogens with zero attached hydrogens (tertiary/aromatic N) is 2. The lowest BCUT2D eigenvalue weighted by Crippen LogP contribution is -2.37. The van der Waals surface area contributed by atoms with Crippen LogP contribution in [0.5, 0.6) is 0 Å². The van der Waals surface area contributed by atoms with Gasteiger partial charge in [-0.15, -0.1) is 0 Å². The Kier molecular flexibility index (Phi) is 7.21. The third kappa shape index (κ3) is 6.04. The Labute approximate surface area is 174 Å². The number of hydrogen-bond acceptors (Lipinski definition) is 5. The van der Waals surface area contributed by atoms with Gasteiger partial charge in [-0.3, -0.25) is 9.59 Å². The fourth-order valence-corrected chi connectivity index (χ4v) is 3.14. The first kappa shape index (κ1) is 20.8. The van der Waals surface area contributed by atoms with Crippen molar-refractivity contribution in [2.24, 2.45) is 0 Å². The van der Waals surface area contributed by atoms with Crippen LogP contribution in [0.25, 0.3) is 0 Å². The predicted octanol–water partition coefficient (Wildman–Crippen LogP) is 2.67. The van der Waals surface area contributed by atoms with Crippen LogP contribution < -0.4 is 15.5 Å². The van der Waals surface area contributed by atoms with Gasteiger partial charge in [0.25, 0.3) is 5.91 Å². The second kappa shape index (κ2) is 10.0. The molecule has 2 heterocycles. The molecule has 1 aromatic carbocycles. The van der Waals surface area contributed by atoms with Gasteiger partial charge in [0, 0.05) is 30.9 Å². The highest BCUT2D eigenvalue weighted by atomic mass is 35.5. The number of pyridine rings is 1. The van der Waals surface area contributed by atoms with Crippen molar-refractivity contribution in [3.05, 3.63) is 65.3 Å². The van der Waals surface area contributed by atoms with Crippen molar-refractivity contribution in [2.45, 2.75) is 6.42 Å². The minimum atomic E-state index is -0.252. The van der Waals surface area contributed by atoms with Crippen LogP contribution >= 0.6 is 11.6 Å². The zero-order valence-corrected chi connectivity index (χ0v) is 16.7.